The largest absolute Gasteiger partial charge is 0.316 e. The van der Waals surface area contributed by atoms with Gasteiger partial charge in [0.25, 0.3) is 0 Å². The first-order chi connectivity index (χ1) is 7.15. The van der Waals surface area contributed by atoms with Crippen LogP contribution >= 0.6 is 0 Å². The summed E-state index contributed by atoms with van der Waals surface area (Å²) in [4.78, 5) is 0. The summed E-state index contributed by atoms with van der Waals surface area (Å²) in [5, 5.41) is 7.98. The molecular weight excluding hydrogens is 186 g/mol. The van der Waals surface area contributed by atoms with Crippen LogP contribution in [0.1, 0.15) is 38.9 Å². The van der Waals surface area contributed by atoms with E-state index < -0.39 is 0 Å². The van der Waals surface area contributed by atoms with Crippen LogP contribution in [0, 0.1) is 5.41 Å². The van der Waals surface area contributed by atoms with Gasteiger partial charge in [0.15, 0.2) is 0 Å². The summed E-state index contributed by atoms with van der Waals surface area (Å²) in [5.41, 5.74) is 1.72. The van der Waals surface area contributed by atoms with E-state index in [9.17, 15) is 0 Å². The molecule has 0 atom stereocenters. The van der Waals surface area contributed by atoms with Gasteiger partial charge in [-0.25, -0.2) is 0 Å². The molecule has 1 aliphatic heterocycles. The van der Waals surface area contributed by atoms with E-state index in [1.54, 1.807) is 0 Å². The van der Waals surface area contributed by atoms with Crippen molar-refractivity contribution in [2.24, 2.45) is 5.41 Å². The number of hydrogen-bond donors (Lipinski definition) is 1. The summed E-state index contributed by atoms with van der Waals surface area (Å²) in [6.45, 7) is 8.91. The number of hydrogen-bond acceptors (Lipinski definition) is 2. The molecule has 3 heteroatoms. The molecule has 0 aromatic carbocycles. The predicted molar refractivity (Wildman–Crippen MR) is 61.9 cm³/mol. The molecule has 0 spiro atoms. The van der Waals surface area contributed by atoms with Crippen molar-refractivity contribution in [1.29, 1.82) is 0 Å². The molecule has 1 aromatic rings. The zero-order valence-electron chi connectivity index (χ0n) is 9.95. The normalized spacial score (nSPS) is 19.2. The highest BCUT2D eigenvalue weighted by atomic mass is 15.3. The van der Waals surface area contributed by atoms with Crippen molar-refractivity contribution >= 4 is 0 Å². The second kappa shape index (κ2) is 3.97. The Kier molecular flexibility index (Phi) is 2.83. The lowest BCUT2D eigenvalue weighted by atomic mass is 9.75. The van der Waals surface area contributed by atoms with Crippen molar-refractivity contribution in [1.82, 2.24) is 15.1 Å². The Morgan fingerprint density at radius 1 is 1.53 bits per heavy atom. The number of nitrogens with one attached hydrogen (secondary N) is 1. The van der Waals surface area contributed by atoms with E-state index in [1.165, 1.54) is 12.1 Å². The van der Waals surface area contributed by atoms with Gasteiger partial charge in [-0.1, -0.05) is 6.92 Å². The van der Waals surface area contributed by atoms with E-state index in [0.29, 0.717) is 11.5 Å². The van der Waals surface area contributed by atoms with Crippen molar-refractivity contribution in [2.75, 3.05) is 13.1 Å². The van der Waals surface area contributed by atoms with Gasteiger partial charge in [-0.3, -0.25) is 4.68 Å². The topological polar surface area (TPSA) is 29.9 Å². The Balaban J connectivity index is 2.04. The van der Waals surface area contributed by atoms with Crippen LogP contribution in [0.15, 0.2) is 12.3 Å². The Morgan fingerprint density at radius 2 is 2.27 bits per heavy atom. The molecule has 15 heavy (non-hydrogen) atoms. The number of aromatic nitrogens is 2. The second-order valence-electron chi connectivity index (χ2n) is 5.01. The van der Waals surface area contributed by atoms with Gasteiger partial charge in [0.2, 0.25) is 0 Å². The van der Waals surface area contributed by atoms with Crippen molar-refractivity contribution in [3.8, 4) is 0 Å². The molecule has 2 heterocycles. The summed E-state index contributed by atoms with van der Waals surface area (Å²) in [6.07, 6.45) is 4.46. The van der Waals surface area contributed by atoms with Gasteiger partial charge in [0.05, 0.1) is 5.69 Å². The first kappa shape index (κ1) is 10.7. The Hall–Kier alpha value is -0.830. The molecule has 1 aliphatic rings. The monoisotopic (exact) mass is 207 g/mol. The maximum atomic E-state index is 4.61. The van der Waals surface area contributed by atoms with Gasteiger partial charge in [0.1, 0.15) is 0 Å². The molecule has 0 saturated carbocycles. The second-order valence-corrected chi connectivity index (χ2v) is 5.01. The third-order valence-electron chi connectivity index (χ3n) is 3.50. The maximum absolute atomic E-state index is 4.61. The van der Waals surface area contributed by atoms with E-state index in [0.717, 1.165) is 19.5 Å². The minimum atomic E-state index is 0.468. The molecule has 1 fully saturated rings. The molecule has 0 amide bonds. The van der Waals surface area contributed by atoms with Gasteiger partial charge in [-0.05, 0) is 32.8 Å². The van der Waals surface area contributed by atoms with Gasteiger partial charge in [0, 0.05) is 30.7 Å². The summed E-state index contributed by atoms with van der Waals surface area (Å²) in [5.74, 6) is 0. The van der Waals surface area contributed by atoms with Gasteiger partial charge >= 0.3 is 0 Å². The maximum Gasteiger partial charge on any atom is 0.0631 e. The summed E-state index contributed by atoms with van der Waals surface area (Å²) < 4.78 is 2.05. The van der Waals surface area contributed by atoms with Crippen LogP contribution in [0.3, 0.4) is 0 Å². The summed E-state index contributed by atoms with van der Waals surface area (Å²) >= 11 is 0. The molecule has 1 saturated heterocycles. The van der Waals surface area contributed by atoms with Crippen LogP contribution in [-0.4, -0.2) is 22.9 Å². The molecule has 0 radical (unpaired) electrons. The van der Waals surface area contributed by atoms with E-state index in [-0.39, 0.29) is 0 Å². The van der Waals surface area contributed by atoms with E-state index in [1.807, 2.05) is 4.68 Å². The molecule has 0 aliphatic carbocycles. The predicted octanol–water partition coefficient (Wildman–Crippen LogP) is 2.01. The van der Waals surface area contributed by atoms with Crippen LogP contribution in [0.2, 0.25) is 0 Å². The standard InChI is InChI=1S/C12H21N3/c1-4-12(8-13-9-12)7-11-5-6-15(14-11)10(2)3/h5-6,10,13H,4,7-9H2,1-3H3. The van der Waals surface area contributed by atoms with Gasteiger partial charge in [-0.2, -0.15) is 5.10 Å². The highest BCUT2D eigenvalue weighted by Gasteiger charge is 2.35. The van der Waals surface area contributed by atoms with Crippen LogP contribution in [0.5, 0.6) is 0 Å². The van der Waals surface area contributed by atoms with Crippen molar-refractivity contribution < 1.29 is 0 Å². The van der Waals surface area contributed by atoms with E-state index in [4.69, 9.17) is 0 Å². The molecule has 0 bridgehead atoms. The van der Waals surface area contributed by atoms with Crippen molar-refractivity contribution in [2.45, 2.75) is 39.7 Å². The Bertz CT molecular complexity index is 318. The number of nitrogens with zero attached hydrogens (tertiary/aromatic N) is 2. The smallest absolute Gasteiger partial charge is 0.0631 e. The van der Waals surface area contributed by atoms with Crippen molar-refractivity contribution in [3.63, 3.8) is 0 Å². The third-order valence-corrected chi connectivity index (χ3v) is 3.50. The molecule has 84 valence electrons. The van der Waals surface area contributed by atoms with Crippen LogP contribution in [0.4, 0.5) is 0 Å². The van der Waals surface area contributed by atoms with Crippen LogP contribution in [0.25, 0.3) is 0 Å². The molecule has 1 aromatic heterocycles. The lowest BCUT2D eigenvalue weighted by molar-refractivity contribution is 0.158. The summed E-state index contributed by atoms with van der Waals surface area (Å²) in [6, 6.07) is 2.63. The van der Waals surface area contributed by atoms with Crippen molar-refractivity contribution in [3.05, 3.63) is 18.0 Å². The highest BCUT2D eigenvalue weighted by Crippen LogP contribution is 2.30. The average Bonchev–Trinajstić information content (AvgIpc) is 2.59. The quantitative estimate of drug-likeness (QED) is 0.818. The Morgan fingerprint density at radius 3 is 2.67 bits per heavy atom. The molecule has 1 N–H and O–H groups in total. The van der Waals surface area contributed by atoms with Gasteiger partial charge < -0.3 is 5.32 Å². The first-order valence-electron chi connectivity index (χ1n) is 5.90. The fraction of sp³-hybridized carbons (Fsp3) is 0.750. The minimum Gasteiger partial charge on any atom is -0.316 e. The zero-order chi connectivity index (χ0) is 10.9. The zero-order valence-corrected chi connectivity index (χ0v) is 9.95. The molecular formula is C12H21N3. The fourth-order valence-electron chi connectivity index (χ4n) is 2.12. The molecule has 3 nitrogen and oxygen atoms in total. The lowest BCUT2D eigenvalue weighted by Crippen LogP contribution is -2.54. The average molecular weight is 207 g/mol. The van der Waals surface area contributed by atoms with E-state index in [2.05, 4.69) is 43.4 Å². The fourth-order valence-corrected chi connectivity index (χ4v) is 2.12. The van der Waals surface area contributed by atoms with Crippen LogP contribution in [-0.2, 0) is 6.42 Å². The summed E-state index contributed by atoms with van der Waals surface area (Å²) in [7, 11) is 0. The molecule has 0 unspecified atom stereocenters. The minimum absolute atomic E-state index is 0.468. The highest BCUT2D eigenvalue weighted by molar-refractivity contribution is 5.07. The SMILES string of the molecule is CCC1(Cc2ccn(C(C)C)n2)CNC1. The first-order valence-corrected chi connectivity index (χ1v) is 5.90. The van der Waals surface area contributed by atoms with E-state index >= 15 is 0 Å². The number of rotatable bonds is 4. The Labute approximate surface area is 91.9 Å². The van der Waals surface area contributed by atoms with Gasteiger partial charge in [-0.15, -0.1) is 0 Å². The molecule has 2 rings (SSSR count). The third kappa shape index (κ3) is 2.07. The van der Waals surface area contributed by atoms with Crippen LogP contribution < -0.4 is 5.32 Å². The lowest BCUT2D eigenvalue weighted by Gasteiger charge is -2.41.